The fourth-order valence-electron chi connectivity index (χ4n) is 4.24. The lowest BCUT2D eigenvalue weighted by Crippen LogP contribution is -2.43. The number of benzene rings is 1. The van der Waals surface area contributed by atoms with Crippen LogP contribution >= 0.6 is 0 Å². The number of hydrogen-bond acceptors (Lipinski definition) is 7. The number of aliphatic imine (C=N–C) groups is 1. The highest BCUT2D eigenvalue weighted by Crippen LogP contribution is 2.40. The average Bonchev–Trinajstić information content (AvgIpc) is 3.37. The number of fused-ring (bicyclic) bond motifs is 3. The molecule has 1 amide bonds. The Labute approximate surface area is 192 Å². The van der Waals surface area contributed by atoms with Gasteiger partial charge in [-0.15, -0.1) is 0 Å². The van der Waals surface area contributed by atoms with Crippen molar-refractivity contribution in [1.29, 1.82) is 5.41 Å². The highest BCUT2D eigenvalue weighted by atomic mass is 16.5. The number of primary amides is 1. The van der Waals surface area contributed by atoms with Gasteiger partial charge in [0.1, 0.15) is 5.84 Å². The molecule has 1 saturated heterocycles. The van der Waals surface area contributed by atoms with Crippen LogP contribution in [0.3, 0.4) is 0 Å². The van der Waals surface area contributed by atoms with Gasteiger partial charge in [0.25, 0.3) is 0 Å². The van der Waals surface area contributed by atoms with Crippen molar-refractivity contribution >= 4 is 40.2 Å². The number of allylic oxidation sites excluding steroid dienone is 3. The molecule has 1 fully saturated rings. The Bertz CT molecular complexity index is 1230. The zero-order valence-corrected chi connectivity index (χ0v) is 18.8. The minimum atomic E-state index is -0.935. The summed E-state index contributed by atoms with van der Waals surface area (Å²) < 4.78 is 5.56. The summed E-state index contributed by atoms with van der Waals surface area (Å²) in [5.41, 5.74) is 15.9. The molecule has 4 rings (SSSR count). The summed E-state index contributed by atoms with van der Waals surface area (Å²) >= 11 is 0. The predicted octanol–water partition coefficient (Wildman–Crippen LogP) is 2.88. The van der Waals surface area contributed by atoms with Crippen molar-refractivity contribution in [2.75, 3.05) is 24.3 Å². The molecular formula is C24H29N7O2. The summed E-state index contributed by atoms with van der Waals surface area (Å²) in [6.07, 6.45) is 7.71. The van der Waals surface area contributed by atoms with Crippen LogP contribution in [0.2, 0.25) is 0 Å². The quantitative estimate of drug-likeness (QED) is 0.219. The molecule has 9 heteroatoms. The molecule has 2 unspecified atom stereocenters. The number of carbonyl (C=O) groups excluding carboxylic acids is 1. The maximum Gasteiger partial charge on any atom is 0.248 e. The third kappa shape index (κ3) is 4.03. The molecule has 0 spiro atoms. The van der Waals surface area contributed by atoms with E-state index >= 15 is 0 Å². The van der Waals surface area contributed by atoms with E-state index in [4.69, 9.17) is 21.6 Å². The summed E-state index contributed by atoms with van der Waals surface area (Å²) in [4.78, 5) is 20.3. The number of rotatable bonds is 7. The lowest BCUT2D eigenvalue weighted by Gasteiger charge is -2.29. The van der Waals surface area contributed by atoms with Gasteiger partial charge >= 0.3 is 0 Å². The number of hydrogen-bond donors (Lipinski definition) is 6. The van der Waals surface area contributed by atoms with Crippen LogP contribution in [0.1, 0.15) is 37.6 Å². The number of ether oxygens (including phenoxy) is 1. The van der Waals surface area contributed by atoms with Crippen LogP contribution in [-0.4, -0.2) is 41.7 Å². The van der Waals surface area contributed by atoms with Crippen molar-refractivity contribution in [2.24, 2.45) is 10.7 Å². The first-order valence-electron chi connectivity index (χ1n) is 10.7. The molecule has 2 aromatic rings. The number of amidine groups is 1. The Balaban J connectivity index is 1.82. The predicted molar refractivity (Wildman–Crippen MR) is 133 cm³/mol. The number of nitrogens with two attached hydrogens (primary N) is 2. The smallest absolute Gasteiger partial charge is 0.248 e. The Morgan fingerprint density at radius 3 is 2.88 bits per heavy atom. The van der Waals surface area contributed by atoms with Gasteiger partial charge in [0.05, 0.1) is 23.5 Å². The zero-order valence-electron chi connectivity index (χ0n) is 18.8. The van der Waals surface area contributed by atoms with Gasteiger partial charge in [-0.25, -0.2) is 4.99 Å². The molecule has 8 N–H and O–H groups in total. The van der Waals surface area contributed by atoms with Crippen LogP contribution in [0.5, 0.6) is 0 Å². The lowest BCUT2D eigenvalue weighted by atomic mass is 9.98. The van der Waals surface area contributed by atoms with E-state index in [9.17, 15) is 4.79 Å². The molecule has 1 aromatic heterocycles. The molecule has 0 radical (unpaired) electrons. The van der Waals surface area contributed by atoms with Crippen LogP contribution < -0.4 is 22.1 Å². The molecular weight excluding hydrogens is 418 g/mol. The second kappa shape index (κ2) is 8.59. The first-order valence-corrected chi connectivity index (χ1v) is 10.7. The zero-order chi connectivity index (χ0) is 23.8. The summed E-state index contributed by atoms with van der Waals surface area (Å²) in [6, 6.07) is 2.60. The lowest BCUT2D eigenvalue weighted by molar-refractivity contribution is -0.119. The van der Waals surface area contributed by atoms with E-state index in [1.54, 1.807) is 6.07 Å². The number of aromatic amines is 1. The van der Waals surface area contributed by atoms with Gasteiger partial charge in [-0.05, 0) is 38.5 Å². The number of nitrogens with one attached hydrogen (secondary N) is 4. The third-order valence-corrected chi connectivity index (χ3v) is 5.96. The van der Waals surface area contributed by atoms with Crippen molar-refractivity contribution in [3.63, 3.8) is 0 Å². The molecule has 0 aliphatic carbocycles. The standard InChI is InChI=1S/C24H29N7O2/c1-4-5-6-14(13(2)31-24(3)9-10-33-12-24)23-29-19-18-15(11-25)16(26)7-8-17(18)28-20(19)21(30-23)22(27)32/h4-8,11,21,25,28,31H,2,9-10,12,26H2,1,3H3,(H2,27,32)(H,29,30)/b5-4-,14-6+,25-11?. The summed E-state index contributed by atoms with van der Waals surface area (Å²) in [5.74, 6) is -0.144. The molecule has 2 aliphatic rings. The van der Waals surface area contributed by atoms with Gasteiger partial charge in [-0.2, -0.15) is 0 Å². The summed E-state index contributed by atoms with van der Waals surface area (Å²) in [6.45, 7) is 9.49. The van der Waals surface area contributed by atoms with Crippen molar-refractivity contribution < 1.29 is 9.53 Å². The van der Waals surface area contributed by atoms with Gasteiger partial charge in [-0.3, -0.25) is 4.79 Å². The molecule has 172 valence electrons. The number of nitrogens with zero attached hydrogens (tertiary/aromatic N) is 1. The Kier molecular flexibility index (Phi) is 5.82. The SMILES string of the molecule is C=C(NC1(C)CCOC1)/C(=C\C=C/C)C1=NC(C(N)=O)c2[nH]c3ccc(N)c(C=N)c3c2N1. The Hall–Kier alpha value is -3.85. The molecule has 0 saturated carbocycles. The number of aromatic nitrogens is 1. The second-order valence-corrected chi connectivity index (χ2v) is 8.53. The van der Waals surface area contributed by atoms with E-state index in [0.717, 1.165) is 11.9 Å². The Morgan fingerprint density at radius 1 is 1.45 bits per heavy atom. The minimum absolute atomic E-state index is 0.252. The van der Waals surface area contributed by atoms with Crippen LogP contribution in [-0.2, 0) is 9.53 Å². The largest absolute Gasteiger partial charge is 0.398 e. The molecule has 9 nitrogen and oxygen atoms in total. The van der Waals surface area contributed by atoms with Crippen molar-refractivity contribution in [3.05, 3.63) is 59.5 Å². The minimum Gasteiger partial charge on any atom is -0.398 e. The van der Waals surface area contributed by atoms with Crippen molar-refractivity contribution in [1.82, 2.24) is 10.3 Å². The second-order valence-electron chi connectivity index (χ2n) is 8.53. The van der Waals surface area contributed by atoms with Gasteiger partial charge < -0.3 is 37.2 Å². The number of amides is 1. The molecule has 3 heterocycles. The molecule has 2 atom stereocenters. The van der Waals surface area contributed by atoms with E-state index in [2.05, 4.69) is 34.1 Å². The fraction of sp³-hybridized carbons (Fsp3) is 0.292. The van der Waals surface area contributed by atoms with Gasteiger partial charge in [0, 0.05) is 46.2 Å². The topological polar surface area (TPSA) is 154 Å². The molecule has 1 aromatic carbocycles. The number of nitrogen functional groups attached to an aromatic ring is 1. The summed E-state index contributed by atoms with van der Waals surface area (Å²) in [5, 5.41) is 15.4. The maximum absolute atomic E-state index is 12.4. The van der Waals surface area contributed by atoms with Gasteiger partial charge in [0.15, 0.2) is 6.04 Å². The monoisotopic (exact) mass is 447 g/mol. The Morgan fingerprint density at radius 2 is 2.24 bits per heavy atom. The average molecular weight is 448 g/mol. The van der Waals surface area contributed by atoms with E-state index < -0.39 is 11.9 Å². The van der Waals surface area contributed by atoms with E-state index in [1.165, 1.54) is 6.21 Å². The third-order valence-electron chi connectivity index (χ3n) is 5.96. The van der Waals surface area contributed by atoms with E-state index in [0.29, 0.717) is 58.3 Å². The van der Waals surface area contributed by atoms with E-state index in [-0.39, 0.29) is 5.54 Å². The van der Waals surface area contributed by atoms with Crippen molar-refractivity contribution in [2.45, 2.75) is 31.8 Å². The van der Waals surface area contributed by atoms with Crippen LogP contribution in [0, 0.1) is 5.41 Å². The normalized spacial score (nSPS) is 22.7. The number of anilines is 2. The van der Waals surface area contributed by atoms with Crippen LogP contribution in [0.15, 0.2) is 53.2 Å². The number of H-pyrrole nitrogens is 1. The van der Waals surface area contributed by atoms with Gasteiger partial charge in [-0.1, -0.05) is 18.7 Å². The van der Waals surface area contributed by atoms with Crippen molar-refractivity contribution in [3.8, 4) is 0 Å². The van der Waals surface area contributed by atoms with Crippen LogP contribution in [0.25, 0.3) is 10.9 Å². The fourth-order valence-corrected chi connectivity index (χ4v) is 4.24. The summed E-state index contributed by atoms with van der Waals surface area (Å²) in [7, 11) is 0. The number of carbonyl (C=O) groups is 1. The molecule has 2 aliphatic heterocycles. The first-order chi connectivity index (χ1) is 15.8. The highest BCUT2D eigenvalue weighted by Gasteiger charge is 2.34. The molecule has 0 bridgehead atoms. The van der Waals surface area contributed by atoms with Gasteiger partial charge in [0.2, 0.25) is 5.91 Å². The highest BCUT2D eigenvalue weighted by molar-refractivity contribution is 6.20. The van der Waals surface area contributed by atoms with E-state index in [1.807, 2.05) is 31.2 Å². The van der Waals surface area contributed by atoms with Crippen LogP contribution in [0.4, 0.5) is 11.4 Å². The first kappa shape index (κ1) is 22.3. The molecule has 33 heavy (non-hydrogen) atoms. The maximum atomic E-state index is 12.4.